The van der Waals surface area contributed by atoms with Gasteiger partial charge in [-0.3, -0.25) is 0 Å². The molecule has 1 rings (SSSR count). The zero-order valence-electron chi connectivity index (χ0n) is 13.2. The van der Waals surface area contributed by atoms with Crippen LogP contribution in [0.4, 0.5) is 0 Å². The second kappa shape index (κ2) is 9.57. The summed E-state index contributed by atoms with van der Waals surface area (Å²) in [5, 5.41) is 0. The number of benzene rings is 1. The van der Waals surface area contributed by atoms with Crippen molar-refractivity contribution in [1.29, 1.82) is 0 Å². The number of carbonyl (C=O) groups excluding carboxylic acids is 1. The van der Waals surface area contributed by atoms with E-state index in [1.807, 2.05) is 12.1 Å². The lowest BCUT2D eigenvalue weighted by Gasteiger charge is -2.15. The summed E-state index contributed by atoms with van der Waals surface area (Å²) in [7, 11) is 1.42. The molecule has 0 radical (unpaired) electrons. The molecule has 0 saturated carbocycles. The largest absolute Gasteiger partial charge is 0.465 e. The molecule has 0 spiro atoms. The van der Waals surface area contributed by atoms with Crippen LogP contribution < -0.4 is 0 Å². The monoisotopic (exact) mass is 276 g/mol. The van der Waals surface area contributed by atoms with Crippen LogP contribution in [0.1, 0.15) is 80.6 Å². The van der Waals surface area contributed by atoms with Crippen molar-refractivity contribution in [2.45, 2.75) is 64.7 Å². The first kappa shape index (κ1) is 16.7. The van der Waals surface area contributed by atoms with E-state index < -0.39 is 0 Å². The van der Waals surface area contributed by atoms with Crippen LogP contribution in [0.3, 0.4) is 0 Å². The molecule has 0 amide bonds. The first-order valence-electron chi connectivity index (χ1n) is 7.91. The van der Waals surface area contributed by atoms with Crippen LogP contribution >= 0.6 is 0 Å². The second-order valence-electron chi connectivity index (χ2n) is 5.42. The third-order valence-corrected chi connectivity index (χ3v) is 3.95. The first-order chi connectivity index (χ1) is 9.72. The van der Waals surface area contributed by atoms with E-state index in [2.05, 4.69) is 26.0 Å². The minimum absolute atomic E-state index is 0.260. The van der Waals surface area contributed by atoms with E-state index in [0.29, 0.717) is 11.5 Å². The molecule has 2 heteroatoms. The first-order valence-corrected chi connectivity index (χ1v) is 7.91. The van der Waals surface area contributed by atoms with Crippen molar-refractivity contribution in [1.82, 2.24) is 0 Å². The number of methoxy groups -OCH3 is 1. The summed E-state index contributed by atoms with van der Waals surface area (Å²) in [6.45, 7) is 4.49. The van der Waals surface area contributed by atoms with Gasteiger partial charge in [0.25, 0.3) is 0 Å². The van der Waals surface area contributed by atoms with Gasteiger partial charge in [-0.2, -0.15) is 0 Å². The molecule has 0 N–H and O–H groups in total. The van der Waals surface area contributed by atoms with Gasteiger partial charge in [-0.05, 0) is 36.5 Å². The van der Waals surface area contributed by atoms with Crippen LogP contribution in [0, 0.1) is 0 Å². The maximum Gasteiger partial charge on any atom is 0.337 e. The molecule has 1 unspecified atom stereocenters. The molecule has 0 aliphatic heterocycles. The van der Waals surface area contributed by atoms with Gasteiger partial charge in [0.15, 0.2) is 0 Å². The van der Waals surface area contributed by atoms with Crippen molar-refractivity contribution in [2.24, 2.45) is 0 Å². The van der Waals surface area contributed by atoms with Gasteiger partial charge in [0, 0.05) is 0 Å². The van der Waals surface area contributed by atoms with E-state index >= 15 is 0 Å². The Morgan fingerprint density at radius 1 is 1.05 bits per heavy atom. The van der Waals surface area contributed by atoms with Crippen molar-refractivity contribution in [3.8, 4) is 0 Å². The van der Waals surface area contributed by atoms with Gasteiger partial charge in [0.05, 0.1) is 12.7 Å². The zero-order valence-corrected chi connectivity index (χ0v) is 13.2. The average molecular weight is 276 g/mol. The molecule has 0 aromatic heterocycles. The quantitative estimate of drug-likeness (QED) is 0.450. The highest BCUT2D eigenvalue weighted by atomic mass is 16.5. The van der Waals surface area contributed by atoms with Gasteiger partial charge < -0.3 is 4.74 Å². The number of unbranched alkanes of at least 4 members (excludes halogenated alkanes) is 4. The van der Waals surface area contributed by atoms with E-state index in [9.17, 15) is 4.79 Å². The van der Waals surface area contributed by atoms with Crippen molar-refractivity contribution < 1.29 is 9.53 Å². The molecular formula is C18H28O2. The summed E-state index contributed by atoms with van der Waals surface area (Å²) in [5.41, 5.74) is 1.98. The van der Waals surface area contributed by atoms with E-state index in [1.165, 1.54) is 51.2 Å². The maximum absolute atomic E-state index is 11.4. The fourth-order valence-corrected chi connectivity index (χ4v) is 2.61. The Kier molecular flexibility index (Phi) is 8.01. The highest BCUT2D eigenvalue weighted by molar-refractivity contribution is 5.89. The number of hydrogen-bond donors (Lipinski definition) is 0. The number of rotatable bonds is 9. The molecule has 1 aromatic carbocycles. The maximum atomic E-state index is 11.4. The van der Waals surface area contributed by atoms with Crippen LogP contribution in [0.25, 0.3) is 0 Å². The molecule has 0 heterocycles. The van der Waals surface area contributed by atoms with E-state index in [-0.39, 0.29) is 5.97 Å². The normalized spacial score (nSPS) is 12.2. The summed E-state index contributed by atoms with van der Waals surface area (Å²) in [5.74, 6) is 0.354. The van der Waals surface area contributed by atoms with E-state index in [4.69, 9.17) is 4.74 Å². The van der Waals surface area contributed by atoms with Crippen molar-refractivity contribution in [2.75, 3.05) is 7.11 Å². The Morgan fingerprint density at radius 2 is 1.70 bits per heavy atom. The summed E-state index contributed by atoms with van der Waals surface area (Å²) in [6.07, 6.45) is 9.05. The smallest absolute Gasteiger partial charge is 0.337 e. The summed E-state index contributed by atoms with van der Waals surface area (Å²) in [6, 6.07) is 7.90. The summed E-state index contributed by atoms with van der Waals surface area (Å²) < 4.78 is 4.73. The number of hydrogen-bond acceptors (Lipinski definition) is 2. The zero-order chi connectivity index (χ0) is 14.8. The highest BCUT2D eigenvalue weighted by Gasteiger charge is 2.11. The van der Waals surface area contributed by atoms with Crippen molar-refractivity contribution in [3.05, 3.63) is 35.4 Å². The topological polar surface area (TPSA) is 26.3 Å². The Bertz CT molecular complexity index is 381. The Morgan fingerprint density at radius 3 is 2.25 bits per heavy atom. The highest BCUT2D eigenvalue weighted by Crippen LogP contribution is 2.26. The lowest BCUT2D eigenvalue weighted by atomic mass is 9.90. The Balaban J connectivity index is 2.50. The van der Waals surface area contributed by atoms with E-state index in [1.54, 1.807) is 0 Å². The molecule has 0 fully saturated rings. The Hall–Kier alpha value is -1.31. The predicted molar refractivity (Wildman–Crippen MR) is 84.2 cm³/mol. The van der Waals surface area contributed by atoms with Crippen molar-refractivity contribution in [3.63, 3.8) is 0 Å². The average Bonchev–Trinajstić information content (AvgIpc) is 2.50. The fraction of sp³-hybridized carbons (Fsp3) is 0.611. The molecule has 0 bridgehead atoms. The van der Waals surface area contributed by atoms with Crippen LogP contribution in [0.2, 0.25) is 0 Å². The van der Waals surface area contributed by atoms with Crippen LogP contribution in [0.5, 0.6) is 0 Å². The summed E-state index contributed by atoms with van der Waals surface area (Å²) in [4.78, 5) is 11.4. The minimum atomic E-state index is -0.260. The molecule has 112 valence electrons. The van der Waals surface area contributed by atoms with Gasteiger partial charge in [-0.15, -0.1) is 0 Å². The van der Waals surface area contributed by atoms with Crippen LogP contribution in [0.15, 0.2) is 24.3 Å². The van der Waals surface area contributed by atoms with Gasteiger partial charge in [-0.1, -0.05) is 58.1 Å². The number of carbonyl (C=O) groups is 1. The third kappa shape index (κ3) is 5.36. The van der Waals surface area contributed by atoms with Gasteiger partial charge >= 0.3 is 5.97 Å². The second-order valence-corrected chi connectivity index (χ2v) is 5.42. The van der Waals surface area contributed by atoms with Gasteiger partial charge in [0.1, 0.15) is 0 Å². The lowest BCUT2D eigenvalue weighted by Crippen LogP contribution is -2.02. The number of ether oxygens (including phenoxy) is 1. The predicted octanol–water partition coefficient (Wildman–Crippen LogP) is 5.33. The SMILES string of the molecule is CCCCCCCC(CC)c1ccc(C(=O)OC)cc1. The van der Waals surface area contributed by atoms with Gasteiger partial charge in [-0.25, -0.2) is 4.79 Å². The molecule has 1 atom stereocenters. The van der Waals surface area contributed by atoms with Crippen molar-refractivity contribution >= 4 is 5.97 Å². The molecule has 0 aliphatic rings. The van der Waals surface area contributed by atoms with E-state index in [0.717, 1.165) is 6.42 Å². The standard InChI is InChI=1S/C18H28O2/c1-4-6-7-8-9-10-15(5-2)16-11-13-17(14-12-16)18(19)20-3/h11-15H,4-10H2,1-3H3. The molecule has 0 saturated heterocycles. The number of esters is 1. The molecule has 20 heavy (non-hydrogen) atoms. The third-order valence-electron chi connectivity index (χ3n) is 3.95. The Labute approximate surface area is 123 Å². The molecule has 2 nitrogen and oxygen atoms in total. The molecular weight excluding hydrogens is 248 g/mol. The minimum Gasteiger partial charge on any atom is -0.465 e. The van der Waals surface area contributed by atoms with Crippen LogP contribution in [-0.2, 0) is 4.74 Å². The fourth-order valence-electron chi connectivity index (χ4n) is 2.61. The molecule has 1 aromatic rings. The van der Waals surface area contributed by atoms with Gasteiger partial charge in [0.2, 0.25) is 0 Å². The summed E-state index contributed by atoms with van der Waals surface area (Å²) >= 11 is 0. The van der Waals surface area contributed by atoms with Crippen LogP contribution in [-0.4, -0.2) is 13.1 Å². The molecule has 0 aliphatic carbocycles. The lowest BCUT2D eigenvalue weighted by molar-refractivity contribution is 0.0600.